The largest absolute Gasteiger partial charge is 0.482 e. The molecule has 1 amide bonds. The van der Waals surface area contributed by atoms with Crippen LogP contribution in [0, 0.1) is 11.3 Å². The molecule has 0 aliphatic carbocycles. The molecule has 0 radical (unpaired) electrons. The van der Waals surface area contributed by atoms with Crippen molar-refractivity contribution in [2.45, 2.75) is 6.42 Å². The van der Waals surface area contributed by atoms with Gasteiger partial charge in [-0.15, -0.1) is 0 Å². The van der Waals surface area contributed by atoms with Gasteiger partial charge in [0.25, 0.3) is 5.91 Å². The van der Waals surface area contributed by atoms with Gasteiger partial charge in [-0.2, -0.15) is 10.4 Å². The van der Waals surface area contributed by atoms with E-state index in [2.05, 4.69) is 15.3 Å². The maximum Gasteiger partial charge on any atom is 0.343 e. The molecule has 1 N–H and O–H groups in total. The van der Waals surface area contributed by atoms with Crippen LogP contribution in [0.15, 0.2) is 29.4 Å². The lowest BCUT2D eigenvalue weighted by atomic mass is 10.2. The van der Waals surface area contributed by atoms with E-state index in [0.717, 1.165) is 5.56 Å². The number of amides is 1. The number of methoxy groups -OCH3 is 1. The number of hydrogen-bond donors (Lipinski definition) is 1. The maximum atomic E-state index is 11.0. The third-order valence-electron chi connectivity index (χ3n) is 2.11. The predicted octanol–water partition coefficient (Wildman–Crippen LogP) is 0.602. The molecule has 0 heterocycles. The highest BCUT2D eigenvalue weighted by molar-refractivity contribution is 5.83. The Labute approximate surface area is 115 Å². The lowest BCUT2D eigenvalue weighted by molar-refractivity contribution is -0.142. The summed E-state index contributed by atoms with van der Waals surface area (Å²) in [5.41, 5.74) is 2.94. The van der Waals surface area contributed by atoms with Crippen molar-refractivity contribution in [1.82, 2.24) is 5.43 Å². The van der Waals surface area contributed by atoms with E-state index >= 15 is 0 Å². The summed E-state index contributed by atoms with van der Waals surface area (Å²) in [5.74, 6) is -0.418. The molecule has 0 saturated heterocycles. The SMILES string of the molecule is COC(=O)COc1ccc(/C=N\NC(=O)CC#N)cc1. The Morgan fingerprint density at radius 2 is 2.10 bits per heavy atom. The van der Waals surface area contributed by atoms with Crippen molar-refractivity contribution in [3.8, 4) is 11.8 Å². The molecule has 0 atom stereocenters. The standard InChI is InChI=1S/C13H13N3O4/c1-19-13(18)9-20-11-4-2-10(3-5-11)8-15-16-12(17)6-7-14/h2-5,8H,6,9H2,1H3,(H,16,17)/b15-8-. The predicted molar refractivity (Wildman–Crippen MR) is 69.9 cm³/mol. The normalized spacial score (nSPS) is 9.80. The molecule has 0 aliphatic rings. The lowest BCUT2D eigenvalue weighted by Crippen LogP contribution is -2.16. The first-order valence-corrected chi connectivity index (χ1v) is 5.64. The topological polar surface area (TPSA) is 101 Å². The zero-order valence-electron chi connectivity index (χ0n) is 10.8. The number of esters is 1. The van der Waals surface area contributed by atoms with Crippen LogP contribution in [0.5, 0.6) is 5.75 Å². The average molecular weight is 275 g/mol. The highest BCUT2D eigenvalue weighted by Gasteiger charge is 2.01. The molecule has 104 valence electrons. The van der Waals surface area contributed by atoms with Crippen LogP contribution in [0.3, 0.4) is 0 Å². The van der Waals surface area contributed by atoms with Gasteiger partial charge in [0.15, 0.2) is 6.61 Å². The maximum absolute atomic E-state index is 11.0. The van der Waals surface area contributed by atoms with Crippen molar-refractivity contribution in [2.75, 3.05) is 13.7 Å². The first-order valence-electron chi connectivity index (χ1n) is 5.64. The number of hydrazone groups is 1. The van der Waals surface area contributed by atoms with Crippen LogP contribution in [0.4, 0.5) is 0 Å². The molecule has 1 rings (SSSR count). The third kappa shape index (κ3) is 5.64. The van der Waals surface area contributed by atoms with Gasteiger partial charge in [0.1, 0.15) is 12.2 Å². The van der Waals surface area contributed by atoms with Gasteiger partial charge >= 0.3 is 5.97 Å². The van der Waals surface area contributed by atoms with Crippen LogP contribution < -0.4 is 10.2 Å². The summed E-state index contributed by atoms with van der Waals surface area (Å²) in [6.07, 6.45) is 1.19. The molecular weight excluding hydrogens is 262 g/mol. The first kappa shape index (κ1) is 15.2. The van der Waals surface area contributed by atoms with Gasteiger partial charge < -0.3 is 9.47 Å². The van der Waals surface area contributed by atoms with Crippen LogP contribution in [-0.2, 0) is 14.3 Å². The highest BCUT2D eigenvalue weighted by atomic mass is 16.6. The molecular formula is C13H13N3O4. The minimum atomic E-state index is -0.471. The molecule has 0 aliphatic heterocycles. The van der Waals surface area contributed by atoms with Crippen LogP contribution in [0.2, 0.25) is 0 Å². The molecule has 7 nitrogen and oxygen atoms in total. The van der Waals surface area contributed by atoms with E-state index in [4.69, 9.17) is 10.00 Å². The summed E-state index contributed by atoms with van der Waals surface area (Å²) in [5, 5.41) is 12.0. The number of ether oxygens (including phenoxy) is 2. The van der Waals surface area contributed by atoms with Crippen LogP contribution in [0.25, 0.3) is 0 Å². The molecule has 20 heavy (non-hydrogen) atoms. The highest BCUT2D eigenvalue weighted by Crippen LogP contribution is 2.10. The second kappa shape index (κ2) is 8.26. The average Bonchev–Trinajstić information content (AvgIpc) is 2.46. The molecule has 0 aromatic heterocycles. The molecule has 0 unspecified atom stereocenters. The van der Waals surface area contributed by atoms with Gasteiger partial charge in [-0.3, -0.25) is 4.79 Å². The second-order valence-electron chi connectivity index (χ2n) is 3.56. The van der Waals surface area contributed by atoms with Gasteiger partial charge in [0.05, 0.1) is 19.4 Å². The fourth-order valence-corrected chi connectivity index (χ4v) is 1.14. The summed E-state index contributed by atoms with van der Waals surface area (Å²) in [7, 11) is 1.28. The Bertz CT molecular complexity index is 532. The Morgan fingerprint density at radius 3 is 2.70 bits per heavy atom. The van der Waals surface area contributed by atoms with Gasteiger partial charge in [0, 0.05) is 0 Å². The number of carbonyl (C=O) groups is 2. The van der Waals surface area contributed by atoms with Crippen molar-refractivity contribution in [2.24, 2.45) is 5.10 Å². The fourth-order valence-electron chi connectivity index (χ4n) is 1.14. The minimum absolute atomic E-state index is 0.159. The third-order valence-corrected chi connectivity index (χ3v) is 2.11. The van der Waals surface area contributed by atoms with Gasteiger partial charge in [0.2, 0.25) is 0 Å². The summed E-state index contributed by atoms with van der Waals surface area (Å²) in [4.78, 5) is 21.8. The van der Waals surface area contributed by atoms with E-state index in [9.17, 15) is 9.59 Å². The summed E-state index contributed by atoms with van der Waals surface area (Å²) >= 11 is 0. The van der Waals surface area contributed by atoms with E-state index in [1.54, 1.807) is 30.3 Å². The van der Waals surface area contributed by atoms with E-state index in [1.165, 1.54) is 13.3 Å². The van der Waals surface area contributed by atoms with Gasteiger partial charge in [-0.25, -0.2) is 10.2 Å². The van der Waals surface area contributed by atoms with E-state index in [-0.39, 0.29) is 13.0 Å². The number of carbonyl (C=O) groups excluding carboxylic acids is 2. The van der Waals surface area contributed by atoms with Crippen LogP contribution in [-0.4, -0.2) is 31.8 Å². The number of hydrogen-bond acceptors (Lipinski definition) is 6. The Balaban J connectivity index is 2.46. The molecule has 0 bridgehead atoms. The summed E-state index contributed by atoms with van der Waals surface area (Å²) in [6.45, 7) is -0.159. The van der Waals surface area contributed by atoms with Crippen molar-refractivity contribution in [3.63, 3.8) is 0 Å². The van der Waals surface area contributed by atoms with Crippen molar-refractivity contribution in [3.05, 3.63) is 29.8 Å². The zero-order chi connectivity index (χ0) is 14.8. The van der Waals surface area contributed by atoms with Gasteiger partial charge in [-0.05, 0) is 29.8 Å². The van der Waals surface area contributed by atoms with Crippen LogP contribution in [0.1, 0.15) is 12.0 Å². The van der Waals surface area contributed by atoms with E-state index in [1.807, 2.05) is 0 Å². The van der Waals surface area contributed by atoms with Crippen molar-refractivity contribution >= 4 is 18.1 Å². The molecule has 7 heteroatoms. The molecule has 0 saturated carbocycles. The number of nitrogens with zero attached hydrogens (tertiary/aromatic N) is 2. The Hall–Kier alpha value is -2.88. The lowest BCUT2D eigenvalue weighted by Gasteiger charge is -2.04. The van der Waals surface area contributed by atoms with Gasteiger partial charge in [-0.1, -0.05) is 0 Å². The van der Waals surface area contributed by atoms with Crippen molar-refractivity contribution < 1.29 is 19.1 Å². The van der Waals surface area contributed by atoms with Crippen molar-refractivity contribution in [1.29, 1.82) is 5.26 Å². The fraction of sp³-hybridized carbons (Fsp3) is 0.231. The smallest absolute Gasteiger partial charge is 0.343 e. The zero-order valence-corrected chi connectivity index (χ0v) is 10.8. The molecule has 1 aromatic rings. The van der Waals surface area contributed by atoms with E-state index < -0.39 is 11.9 Å². The molecule has 1 aromatic carbocycles. The van der Waals surface area contributed by atoms with Crippen LogP contribution >= 0.6 is 0 Å². The Morgan fingerprint density at radius 1 is 1.40 bits per heavy atom. The second-order valence-corrected chi connectivity index (χ2v) is 3.56. The number of nitrogens with one attached hydrogen (secondary N) is 1. The number of benzene rings is 1. The summed E-state index contributed by atoms with van der Waals surface area (Å²) in [6, 6.07) is 8.42. The monoisotopic (exact) mass is 275 g/mol. The minimum Gasteiger partial charge on any atom is -0.482 e. The Kier molecular flexibility index (Phi) is 6.27. The summed E-state index contributed by atoms with van der Waals surface area (Å²) < 4.78 is 9.61. The quantitative estimate of drug-likeness (QED) is 0.465. The first-order chi connectivity index (χ1) is 9.65. The number of nitriles is 1. The molecule has 0 fully saturated rings. The molecule has 0 spiro atoms. The number of rotatable bonds is 6. The van der Waals surface area contributed by atoms with E-state index in [0.29, 0.717) is 5.75 Å².